The number of amides is 2. The monoisotopic (exact) mass is 283 g/mol. The first-order chi connectivity index (χ1) is 9.46. The van der Waals surface area contributed by atoms with Crippen molar-refractivity contribution in [3.05, 3.63) is 0 Å². The van der Waals surface area contributed by atoms with Gasteiger partial charge >= 0.3 is 6.03 Å². The van der Waals surface area contributed by atoms with Crippen molar-refractivity contribution in [2.45, 2.75) is 45.1 Å². The number of carbonyl (C=O) groups excluding carboxylic acids is 1. The highest BCUT2D eigenvalue weighted by molar-refractivity contribution is 5.74. The highest BCUT2D eigenvalue weighted by Gasteiger charge is 2.27. The number of hydrogen-bond acceptors (Lipinski definition) is 3. The van der Waals surface area contributed by atoms with E-state index in [1.54, 1.807) is 0 Å². The molecule has 5 heteroatoms. The number of rotatable bonds is 2. The van der Waals surface area contributed by atoms with Crippen LogP contribution >= 0.6 is 0 Å². The summed E-state index contributed by atoms with van der Waals surface area (Å²) in [5, 5.41) is 9.85. The highest BCUT2D eigenvalue weighted by atomic mass is 16.3. The number of nitrogens with zero attached hydrogens (tertiary/aromatic N) is 3. The minimum Gasteiger partial charge on any atom is -0.389 e. The fraction of sp³-hybridized carbons (Fsp3) is 0.933. The van der Waals surface area contributed by atoms with Crippen molar-refractivity contribution in [1.29, 1.82) is 0 Å². The van der Waals surface area contributed by atoms with E-state index >= 15 is 0 Å². The number of carbonyl (C=O) groups is 1. The summed E-state index contributed by atoms with van der Waals surface area (Å²) in [6.45, 7) is 9.48. The van der Waals surface area contributed by atoms with Crippen LogP contribution in [0.5, 0.6) is 0 Å². The molecule has 5 nitrogen and oxygen atoms in total. The Labute approximate surface area is 122 Å². The molecule has 116 valence electrons. The average Bonchev–Trinajstić information content (AvgIpc) is 2.66. The summed E-state index contributed by atoms with van der Waals surface area (Å²) in [7, 11) is 0. The van der Waals surface area contributed by atoms with Gasteiger partial charge in [0.1, 0.15) is 0 Å². The molecule has 2 fully saturated rings. The van der Waals surface area contributed by atoms with E-state index in [0.717, 1.165) is 52.1 Å². The Kier molecular flexibility index (Phi) is 5.27. The van der Waals surface area contributed by atoms with E-state index in [1.807, 2.05) is 23.6 Å². The van der Waals surface area contributed by atoms with Crippen LogP contribution in [0.3, 0.4) is 0 Å². The third-order valence-electron chi connectivity index (χ3n) is 4.13. The second-order valence-electron chi connectivity index (χ2n) is 6.76. The lowest BCUT2D eigenvalue weighted by Gasteiger charge is -2.39. The summed E-state index contributed by atoms with van der Waals surface area (Å²) in [6, 6.07) is 0.217. The molecule has 0 unspecified atom stereocenters. The zero-order valence-corrected chi connectivity index (χ0v) is 13.0. The van der Waals surface area contributed by atoms with Gasteiger partial charge in [-0.3, -0.25) is 4.90 Å². The Morgan fingerprint density at radius 2 is 1.40 bits per heavy atom. The Morgan fingerprint density at radius 1 is 0.900 bits per heavy atom. The summed E-state index contributed by atoms with van der Waals surface area (Å²) in [6.07, 6.45) is 4.79. The van der Waals surface area contributed by atoms with Crippen LogP contribution in [0.15, 0.2) is 0 Å². The number of likely N-dealkylation sites (tertiary alicyclic amines) is 1. The molecular weight excluding hydrogens is 254 g/mol. The Hall–Kier alpha value is -0.810. The van der Waals surface area contributed by atoms with Gasteiger partial charge in [-0.15, -0.1) is 0 Å². The van der Waals surface area contributed by atoms with Gasteiger partial charge in [0.15, 0.2) is 0 Å². The third kappa shape index (κ3) is 4.63. The lowest BCUT2D eigenvalue weighted by molar-refractivity contribution is 0.0204. The number of hydrogen-bond donors (Lipinski definition) is 1. The van der Waals surface area contributed by atoms with Gasteiger partial charge in [0, 0.05) is 45.8 Å². The van der Waals surface area contributed by atoms with Crippen molar-refractivity contribution in [1.82, 2.24) is 14.7 Å². The van der Waals surface area contributed by atoms with Gasteiger partial charge in [-0.1, -0.05) is 12.8 Å². The van der Waals surface area contributed by atoms with Gasteiger partial charge < -0.3 is 14.9 Å². The highest BCUT2D eigenvalue weighted by Crippen LogP contribution is 2.14. The molecule has 0 saturated carbocycles. The van der Waals surface area contributed by atoms with Crippen molar-refractivity contribution in [2.75, 3.05) is 45.8 Å². The molecule has 2 aliphatic rings. The minimum absolute atomic E-state index is 0.217. The number of aliphatic hydroxyl groups is 1. The van der Waals surface area contributed by atoms with Crippen LogP contribution in [-0.4, -0.2) is 77.3 Å². The molecule has 0 atom stereocenters. The summed E-state index contributed by atoms with van der Waals surface area (Å²) in [5.74, 6) is 0. The maximum atomic E-state index is 12.5. The molecule has 20 heavy (non-hydrogen) atoms. The average molecular weight is 283 g/mol. The fourth-order valence-electron chi connectivity index (χ4n) is 3.11. The topological polar surface area (TPSA) is 47.0 Å². The third-order valence-corrected chi connectivity index (χ3v) is 4.13. The Morgan fingerprint density at radius 3 is 1.90 bits per heavy atom. The first kappa shape index (κ1) is 15.6. The van der Waals surface area contributed by atoms with E-state index in [-0.39, 0.29) is 6.03 Å². The predicted molar refractivity (Wildman–Crippen MR) is 79.7 cm³/mol. The van der Waals surface area contributed by atoms with Gasteiger partial charge in [0.2, 0.25) is 0 Å². The lowest BCUT2D eigenvalue weighted by atomic mass is 10.1. The molecule has 2 amide bonds. The van der Waals surface area contributed by atoms with Gasteiger partial charge in [-0.2, -0.15) is 0 Å². The van der Waals surface area contributed by atoms with E-state index in [4.69, 9.17) is 0 Å². The SMILES string of the molecule is CC(C)(O)CN1CCN(C(=O)N2CCCCCC2)CC1. The van der Waals surface area contributed by atoms with E-state index < -0.39 is 5.60 Å². The summed E-state index contributed by atoms with van der Waals surface area (Å²) < 4.78 is 0. The van der Waals surface area contributed by atoms with E-state index in [9.17, 15) is 9.90 Å². The molecular formula is C15H29N3O2. The zero-order chi connectivity index (χ0) is 14.6. The van der Waals surface area contributed by atoms with Gasteiger partial charge in [-0.25, -0.2) is 4.79 Å². The zero-order valence-electron chi connectivity index (χ0n) is 13.0. The molecule has 2 saturated heterocycles. The normalized spacial score (nSPS) is 22.8. The molecule has 2 rings (SSSR count). The van der Waals surface area contributed by atoms with Crippen LogP contribution in [0.4, 0.5) is 4.79 Å². The first-order valence-electron chi connectivity index (χ1n) is 7.94. The van der Waals surface area contributed by atoms with Crippen LogP contribution in [0.2, 0.25) is 0 Å². The van der Waals surface area contributed by atoms with E-state index in [2.05, 4.69) is 4.90 Å². The number of urea groups is 1. The Balaban J connectivity index is 1.79. The number of β-amino-alcohol motifs (C(OH)–C–C–N with tert-alkyl or cyclic N) is 1. The first-order valence-corrected chi connectivity index (χ1v) is 7.94. The van der Waals surface area contributed by atoms with Crippen molar-refractivity contribution in [3.8, 4) is 0 Å². The number of piperazine rings is 1. The van der Waals surface area contributed by atoms with Crippen molar-refractivity contribution in [3.63, 3.8) is 0 Å². The second-order valence-corrected chi connectivity index (χ2v) is 6.76. The molecule has 0 aromatic carbocycles. The standard InChI is InChI=1S/C15H29N3O2/c1-15(2,20)13-16-9-11-18(12-10-16)14(19)17-7-5-3-4-6-8-17/h20H,3-13H2,1-2H3. The van der Waals surface area contributed by atoms with Gasteiger partial charge in [0.05, 0.1) is 5.60 Å². The maximum Gasteiger partial charge on any atom is 0.320 e. The largest absolute Gasteiger partial charge is 0.389 e. The molecule has 2 aliphatic heterocycles. The lowest BCUT2D eigenvalue weighted by Crippen LogP contribution is -2.54. The predicted octanol–water partition coefficient (Wildman–Crippen LogP) is 1.37. The smallest absolute Gasteiger partial charge is 0.320 e. The molecule has 0 aromatic heterocycles. The summed E-state index contributed by atoms with van der Waals surface area (Å²) in [4.78, 5) is 18.7. The second kappa shape index (κ2) is 6.76. The van der Waals surface area contributed by atoms with Gasteiger partial charge in [0.25, 0.3) is 0 Å². The summed E-state index contributed by atoms with van der Waals surface area (Å²) in [5.41, 5.74) is -0.656. The van der Waals surface area contributed by atoms with E-state index in [1.165, 1.54) is 12.8 Å². The van der Waals surface area contributed by atoms with Crippen molar-refractivity contribution >= 4 is 6.03 Å². The minimum atomic E-state index is -0.656. The molecule has 2 heterocycles. The van der Waals surface area contributed by atoms with Crippen LogP contribution in [0.25, 0.3) is 0 Å². The van der Waals surface area contributed by atoms with E-state index in [0.29, 0.717) is 6.54 Å². The summed E-state index contributed by atoms with van der Waals surface area (Å²) >= 11 is 0. The molecule has 0 radical (unpaired) electrons. The van der Waals surface area contributed by atoms with Crippen LogP contribution in [-0.2, 0) is 0 Å². The quantitative estimate of drug-likeness (QED) is 0.832. The molecule has 1 N–H and O–H groups in total. The van der Waals surface area contributed by atoms with Crippen LogP contribution in [0, 0.1) is 0 Å². The molecule has 0 spiro atoms. The Bertz CT molecular complexity index is 312. The van der Waals surface area contributed by atoms with Crippen LogP contribution < -0.4 is 0 Å². The van der Waals surface area contributed by atoms with Crippen molar-refractivity contribution in [2.24, 2.45) is 0 Å². The molecule has 0 bridgehead atoms. The van der Waals surface area contributed by atoms with Crippen molar-refractivity contribution < 1.29 is 9.90 Å². The maximum absolute atomic E-state index is 12.5. The molecule has 0 aromatic rings. The van der Waals surface area contributed by atoms with Gasteiger partial charge in [-0.05, 0) is 26.7 Å². The molecule has 0 aliphatic carbocycles. The fourth-order valence-corrected chi connectivity index (χ4v) is 3.11. The van der Waals surface area contributed by atoms with Crippen LogP contribution in [0.1, 0.15) is 39.5 Å².